The summed E-state index contributed by atoms with van der Waals surface area (Å²) in [5, 5.41) is 19.7. The molecule has 2 rings (SSSR count). The van der Waals surface area contributed by atoms with Gasteiger partial charge in [0.15, 0.2) is 6.23 Å². The van der Waals surface area contributed by atoms with Crippen LogP contribution in [-0.4, -0.2) is 57.7 Å². The zero-order chi connectivity index (χ0) is 17.2. The smallest absolute Gasteiger partial charge is 0.330 e. The first-order valence-electron chi connectivity index (χ1n) is 7.60. The third kappa shape index (κ3) is 4.57. The van der Waals surface area contributed by atoms with E-state index < -0.39 is 37.8 Å². The predicted molar refractivity (Wildman–Crippen MR) is 92.7 cm³/mol. The maximum Gasteiger partial charge on any atom is 0.330 e. The molecule has 7 nitrogen and oxygen atoms in total. The Balaban J connectivity index is 2.13. The van der Waals surface area contributed by atoms with Crippen LogP contribution < -0.4 is 11.2 Å². The molecule has 0 unspecified atom stereocenters. The first-order chi connectivity index (χ1) is 10.7. The average Bonchev–Trinajstić information content (AvgIpc) is 2.75. The molecule has 23 heavy (non-hydrogen) atoms. The fourth-order valence-electron chi connectivity index (χ4n) is 2.43. The molecule has 0 aromatic carbocycles. The summed E-state index contributed by atoms with van der Waals surface area (Å²) in [6.07, 6.45) is -1.07. The Kier molecular flexibility index (Phi) is 5.90. The molecule has 2 heterocycles. The lowest BCUT2D eigenvalue weighted by Gasteiger charge is -2.21. The molecule has 1 saturated heterocycles. The van der Waals surface area contributed by atoms with Crippen molar-refractivity contribution in [3.05, 3.63) is 33.1 Å². The summed E-state index contributed by atoms with van der Waals surface area (Å²) in [4.78, 5) is 25.2. The highest BCUT2D eigenvalue weighted by atomic mass is 32.2. The van der Waals surface area contributed by atoms with Gasteiger partial charge in [-0.15, -0.1) is 0 Å². The number of H-pyrrole nitrogens is 1. The van der Waals surface area contributed by atoms with Crippen LogP contribution >= 0.6 is 11.8 Å². The highest BCUT2D eigenvalue weighted by Gasteiger charge is 2.44. The molecule has 0 radical (unpaired) electrons. The fraction of sp³-hybridized carbons (Fsp3) is 0.714. The number of aromatic amines is 1. The molecule has 3 N–H and O–H groups in total. The second-order valence-electron chi connectivity index (χ2n) is 6.90. The van der Waals surface area contributed by atoms with Crippen molar-refractivity contribution in [3.8, 4) is 0 Å². The van der Waals surface area contributed by atoms with E-state index in [4.69, 9.17) is 4.74 Å². The van der Waals surface area contributed by atoms with Gasteiger partial charge in [-0.1, -0.05) is 19.6 Å². The van der Waals surface area contributed by atoms with Gasteiger partial charge in [0.05, 0.1) is 18.0 Å². The SMILES string of the molecule is C[Si](C)(C)CCS[C@@H]1[C@@H](O)[C@H](n2ccc(=O)[nH]c2=O)O[C@@H]1CO. The Morgan fingerprint density at radius 3 is 2.65 bits per heavy atom. The molecule has 1 aliphatic rings. The minimum atomic E-state index is -1.18. The van der Waals surface area contributed by atoms with Crippen molar-refractivity contribution in [1.82, 2.24) is 9.55 Å². The van der Waals surface area contributed by atoms with E-state index in [-0.39, 0.29) is 11.9 Å². The van der Waals surface area contributed by atoms with Crippen LogP contribution in [0.4, 0.5) is 0 Å². The van der Waals surface area contributed by atoms with Crippen LogP contribution in [0.5, 0.6) is 0 Å². The lowest BCUT2D eigenvalue weighted by molar-refractivity contribution is -0.0530. The Labute approximate surface area is 139 Å². The van der Waals surface area contributed by atoms with Crippen molar-refractivity contribution >= 4 is 19.8 Å². The van der Waals surface area contributed by atoms with Gasteiger partial charge in [-0.3, -0.25) is 14.3 Å². The average molecular weight is 361 g/mol. The normalized spacial score (nSPS) is 28.2. The monoisotopic (exact) mass is 360 g/mol. The number of aromatic nitrogens is 2. The Hall–Kier alpha value is -0.873. The van der Waals surface area contributed by atoms with E-state index >= 15 is 0 Å². The highest BCUT2D eigenvalue weighted by molar-refractivity contribution is 8.00. The van der Waals surface area contributed by atoms with Crippen molar-refractivity contribution in [3.63, 3.8) is 0 Å². The Bertz CT molecular complexity index is 641. The van der Waals surface area contributed by atoms with Crippen molar-refractivity contribution in [2.45, 2.75) is 49.4 Å². The molecular weight excluding hydrogens is 336 g/mol. The van der Waals surface area contributed by atoms with Crippen LogP contribution in [0.15, 0.2) is 21.9 Å². The van der Waals surface area contributed by atoms with Crippen LogP contribution in [0.25, 0.3) is 0 Å². The maximum atomic E-state index is 11.9. The van der Waals surface area contributed by atoms with E-state index in [1.165, 1.54) is 12.3 Å². The molecule has 0 amide bonds. The molecule has 9 heteroatoms. The minimum absolute atomic E-state index is 0.226. The number of nitrogens with zero attached hydrogens (tertiary/aromatic N) is 1. The zero-order valence-electron chi connectivity index (χ0n) is 13.6. The minimum Gasteiger partial charge on any atom is -0.394 e. The van der Waals surface area contributed by atoms with Crippen LogP contribution in [-0.2, 0) is 4.74 Å². The lowest BCUT2D eigenvalue weighted by Crippen LogP contribution is -2.37. The van der Waals surface area contributed by atoms with Gasteiger partial charge in [0.1, 0.15) is 6.10 Å². The van der Waals surface area contributed by atoms with Gasteiger partial charge in [-0.2, -0.15) is 11.8 Å². The quantitative estimate of drug-likeness (QED) is 0.627. The van der Waals surface area contributed by atoms with Gasteiger partial charge >= 0.3 is 5.69 Å². The first kappa shape index (κ1) is 18.5. The van der Waals surface area contributed by atoms with E-state index in [1.807, 2.05) is 0 Å². The van der Waals surface area contributed by atoms with E-state index in [1.54, 1.807) is 11.8 Å². The molecule has 130 valence electrons. The predicted octanol–water partition coefficient (Wildman–Crippen LogP) is 0.227. The van der Waals surface area contributed by atoms with Gasteiger partial charge in [0.2, 0.25) is 0 Å². The molecule has 0 bridgehead atoms. The number of aliphatic hydroxyl groups excluding tert-OH is 2. The molecule has 0 spiro atoms. The maximum absolute atomic E-state index is 11.9. The van der Waals surface area contributed by atoms with Crippen molar-refractivity contribution in [2.75, 3.05) is 12.4 Å². The molecule has 1 aliphatic heterocycles. The van der Waals surface area contributed by atoms with Crippen molar-refractivity contribution < 1.29 is 14.9 Å². The van der Waals surface area contributed by atoms with Crippen LogP contribution in [0.2, 0.25) is 25.7 Å². The Morgan fingerprint density at radius 1 is 1.39 bits per heavy atom. The third-order valence-corrected chi connectivity index (χ3v) is 7.30. The summed E-state index contributed by atoms with van der Waals surface area (Å²) in [5.41, 5.74) is -1.13. The zero-order valence-corrected chi connectivity index (χ0v) is 15.4. The van der Waals surface area contributed by atoms with Crippen molar-refractivity contribution in [2.24, 2.45) is 0 Å². The Morgan fingerprint density at radius 2 is 2.09 bits per heavy atom. The lowest BCUT2D eigenvalue weighted by atomic mass is 10.2. The summed E-state index contributed by atoms with van der Waals surface area (Å²) in [6, 6.07) is 2.30. The molecule has 0 aliphatic carbocycles. The number of ether oxygens (including phenoxy) is 1. The molecule has 1 aromatic rings. The van der Waals surface area contributed by atoms with Gasteiger partial charge in [-0.05, 0) is 11.8 Å². The number of thioether (sulfide) groups is 1. The van der Waals surface area contributed by atoms with Crippen LogP contribution in [0.3, 0.4) is 0 Å². The second kappa shape index (κ2) is 7.35. The van der Waals surface area contributed by atoms with Gasteiger partial charge < -0.3 is 14.9 Å². The highest BCUT2D eigenvalue weighted by Crippen LogP contribution is 2.36. The van der Waals surface area contributed by atoms with Crippen LogP contribution in [0.1, 0.15) is 6.23 Å². The van der Waals surface area contributed by atoms with Gasteiger partial charge in [0.25, 0.3) is 5.56 Å². The molecular formula is C14H24N2O5SSi. The molecule has 4 atom stereocenters. The molecule has 0 saturated carbocycles. The number of rotatable bonds is 6. The first-order valence-corrected chi connectivity index (χ1v) is 12.4. The number of hydrogen-bond acceptors (Lipinski definition) is 6. The van der Waals surface area contributed by atoms with Gasteiger partial charge in [0, 0.05) is 20.3 Å². The van der Waals surface area contributed by atoms with Crippen molar-refractivity contribution in [1.29, 1.82) is 0 Å². The summed E-state index contributed by atoms with van der Waals surface area (Å²) < 4.78 is 6.82. The number of aliphatic hydroxyl groups is 2. The molecule has 1 fully saturated rings. The topological polar surface area (TPSA) is 105 Å². The summed E-state index contributed by atoms with van der Waals surface area (Å²) in [5.74, 6) is 0.880. The number of hydrogen-bond donors (Lipinski definition) is 3. The van der Waals surface area contributed by atoms with Crippen LogP contribution in [0, 0.1) is 0 Å². The summed E-state index contributed by atoms with van der Waals surface area (Å²) in [6.45, 7) is 6.61. The summed E-state index contributed by atoms with van der Waals surface area (Å²) >= 11 is 1.57. The van der Waals surface area contributed by atoms with Gasteiger partial charge in [-0.25, -0.2) is 4.79 Å². The van der Waals surface area contributed by atoms with E-state index in [2.05, 4.69) is 24.6 Å². The number of nitrogens with one attached hydrogen (secondary N) is 1. The fourth-order valence-corrected chi connectivity index (χ4v) is 6.32. The standard InChI is InChI=1S/C14H24N2O5SSi/c1-23(2,3)7-6-22-12-9(8-17)21-13(11(12)19)16-5-4-10(18)15-14(16)20/h4-5,9,11-13,17,19H,6-8H2,1-3H3,(H,15,18,20)/t9-,11-,12+,13-/m1/s1. The van der Waals surface area contributed by atoms with E-state index in [0.29, 0.717) is 0 Å². The molecule has 1 aromatic heterocycles. The third-order valence-electron chi connectivity index (χ3n) is 3.78. The van der Waals surface area contributed by atoms with E-state index in [0.717, 1.165) is 16.4 Å². The van der Waals surface area contributed by atoms with E-state index in [9.17, 15) is 19.8 Å². The second-order valence-corrected chi connectivity index (χ2v) is 13.8. The largest absolute Gasteiger partial charge is 0.394 e. The summed E-state index contributed by atoms with van der Waals surface area (Å²) in [7, 11) is -1.18.